The molecule has 0 fully saturated rings. The molecule has 0 amide bonds. The van der Waals surface area contributed by atoms with E-state index in [0.717, 1.165) is 28.5 Å². The fraction of sp³-hybridized carbons (Fsp3) is 0.176. The van der Waals surface area contributed by atoms with Gasteiger partial charge in [0.15, 0.2) is 5.17 Å². The summed E-state index contributed by atoms with van der Waals surface area (Å²) in [5.41, 5.74) is 8.69. The molecule has 4 N–H and O–H groups in total. The van der Waals surface area contributed by atoms with Crippen LogP contribution in [0.5, 0.6) is 0 Å². The molecule has 0 aliphatic carbocycles. The van der Waals surface area contributed by atoms with Crippen LogP contribution in [0.1, 0.15) is 12.0 Å². The van der Waals surface area contributed by atoms with Crippen molar-refractivity contribution in [1.29, 1.82) is 5.41 Å². The molecule has 0 aliphatic heterocycles. The minimum absolute atomic E-state index is 0.00924. The zero-order valence-electron chi connectivity index (χ0n) is 12.0. The van der Waals surface area contributed by atoms with Gasteiger partial charge in [-0.25, -0.2) is 0 Å². The molecular formula is C17H18N2O2S. The topological polar surface area (TPSA) is 87.2 Å². The molecule has 2 aromatic rings. The molecule has 0 saturated heterocycles. The molecule has 0 aliphatic rings. The van der Waals surface area contributed by atoms with Crippen LogP contribution in [-0.4, -0.2) is 21.5 Å². The van der Waals surface area contributed by atoms with Gasteiger partial charge in [0, 0.05) is 5.25 Å². The van der Waals surface area contributed by atoms with Crippen LogP contribution in [-0.2, 0) is 11.2 Å². The van der Waals surface area contributed by atoms with E-state index in [2.05, 4.69) is 0 Å². The number of nitrogens with two attached hydrogens (primary N) is 1. The number of thioether (sulfide) groups is 1. The Morgan fingerprint density at radius 3 is 2.23 bits per heavy atom. The number of carboxylic acid groups (broad SMARTS) is 1. The van der Waals surface area contributed by atoms with Crippen LogP contribution in [0.3, 0.4) is 0 Å². The van der Waals surface area contributed by atoms with Crippen molar-refractivity contribution in [3.05, 3.63) is 60.2 Å². The Bertz CT molecular complexity index is 625. The molecule has 0 bridgehead atoms. The van der Waals surface area contributed by atoms with Crippen LogP contribution in [0.4, 0.5) is 0 Å². The van der Waals surface area contributed by atoms with Crippen molar-refractivity contribution < 1.29 is 9.90 Å². The lowest BCUT2D eigenvalue weighted by atomic mass is 10.0. The first kappa shape index (κ1) is 16.1. The summed E-state index contributed by atoms with van der Waals surface area (Å²) in [7, 11) is 0. The van der Waals surface area contributed by atoms with Gasteiger partial charge in [-0.3, -0.25) is 10.2 Å². The number of nitrogens with one attached hydrogen (secondary N) is 1. The first-order chi connectivity index (χ1) is 10.5. The summed E-state index contributed by atoms with van der Waals surface area (Å²) in [6.45, 7) is 0. The lowest BCUT2D eigenvalue weighted by Gasteiger charge is -2.13. The van der Waals surface area contributed by atoms with Crippen molar-refractivity contribution in [2.45, 2.75) is 18.1 Å². The van der Waals surface area contributed by atoms with E-state index in [4.69, 9.17) is 16.2 Å². The predicted molar refractivity (Wildman–Crippen MR) is 91.1 cm³/mol. The second-order valence-corrected chi connectivity index (χ2v) is 6.31. The van der Waals surface area contributed by atoms with E-state index in [9.17, 15) is 4.79 Å². The summed E-state index contributed by atoms with van der Waals surface area (Å²) in [5, 5.41) is 16.0. The highest BCUT2D eigenvalue weighted by atomic mass is 32.2. The van der Waals surface area contributed by atoms with Gasteiger partial charge >= 0.3 is 5.97 Å². The van der Waals surface area contributed by atoms with Gasteiger partial charge in [0.05, 0.1) is 6.42 Å². The number of benzene rings is 2. The molecule has 2 aromatic carbocycles. The van der Waals surface area contributed by atoms with E-state index in [0.29, 0.717) is 6.42 Å². The molecule has 0 spiro atoms. The van der Waals surface area contributed by atoms with Crippen LogP contribution in [0.15, 0.2) is 54.6 Å². The Morgan fingerprint density at radius 1 is 1.09 bits per heavy atom. The lowest BCUT2D eigenvalue weighted by molar-refractivity contribution is -0.136. The minimum atomic E-state index is -0.875. The first-order valence-electron chi connectivity index (χ1n) is 6.91. The zero-order chi connectivity index (χ0) is 15.9. The summed E-state index contributed by atoms with van der Waals surface area (Å²) in [4.78, 5) is 10.9. The molecule has 2 rings (SSSR count). The van der Waals surface area contributed by atoms with Gasteiger partial charge in [0.25, 0.3) is 0 Å². The molecule has 1 atom stereocenters. The number of aliphatic carboxylic acids is 1. The van der Waals surface area contributed by atoms with Gasteiger partial charge in [-0.2, -0.15) is 0 Å². The summed E-state index contributed by atoms with van der Waals surface area (Å²) < 4.78 is 0. The maximum Gasteiger partial charge on any atom is 0.304 e. The van der Waals surface area contributed by atoms with Crippen LogP contribution in [0, 0.1) is 5.41 Å². The van der Waals surface area contributed by atoms with Crippen LogP contribution < -0.4 is 5.73 Å². The number of hydrogen-bond acceptors (Lipinski definition) is 3. The third-order valence-electron chi connectivity index (χ3n) is 3.22. The van der Waals surface area contributed by atoms with Gasteiger partial charge in [-0.1, -0.05) is 66.4 Å². The second-order valence-electron chi connectivity index (χ2n) is 4.97. The number of amidine groups is 1. The van der Waals surface area contributed by atoms with E-state index in [1.807, 2.05) is 54.6 Å². The third kappa shape index (κ3) is 4.93. The number of hydrogen-bond donors (Lipinski definition) is 3. The third-order valence-corrected chi connectivity index (χ3v) is 4.14. The SMILES string of the molecule is N=C(N)SC(CC(=O)O)Cc1ccc(-c2ccccc2)cc1. The van der Waals surface area contributed by atoms with Gasteiger partial charge in [0.1, 0.15) is 0 Å². The molecule has 0 heterocycles. The van der Waals surface area contributed by atoms with Gasteiger partial charge < -0.3 is 10.8 Å². The highest BCUT2D eigenvalue weighted by Crippen LogP contribution is 2.23. The normalized spacial score (nSPS) is 11.8. The van der Waals surface area contributed by atoms with Crippen molar-refractivity contribution >= 4 is 22.9 Å². The zero-order valence-corrected chi connectivity index (χ0v) is 12.8. The molecule has 0 aromatic heterocycles. The summed E-state index contributed by atoms with van der Waals surface area (Å²) in [6, 6.07) is 18.1. The average molecular weight is 314 g/mol. The summed E-state index contributed by atoms with van der Waals surface area (Å²) >= 11 is 1.10. The van der Waals surface area contributed by atoms with Gasteiger partial charge in [-0.05, 0) is 23.1 Å². The van der Waals surface area contributed by atoms with E-state index in [-0.39, 0.29) is 16.8 Å². The molecule has 1 unspecified atom stereocenters. The van der Waals surface area contributed by atoms with Crippen molar-refractivity contribution in [3.63, 3.8) is 0 Å². The van der Waals surface area contributed by atoms with E-state index in [1.54, 1.807) is 0 Å². The quantitative estimate of drug-likeness (QED) is 0.563. The smallest absolute Gasteiger partial charge is 0.304 e. The van der Waals surface area contributed by atoms with Gasteiger partial charge in [-0.15, -0.1) is 0 Å². The maximum atomic E-state index is 10.9. The van der Waals surface area contributed by atoms with Crippen LogP contribution in [0.25, 0.3) is 11.1 Å². The molecule has 0 radical (unpaired) electrons. The molecule has 22 heavy (non-hydrogen) atoms. The maximum absolute atomic E-state index is 10.9. The Kier molecular flexibility index (Phi) is 5.61. The van der Waals surface area contributed by atoms with E-state index >= 15 is 0 Å². The number of carbonyl (C=O) groups is 1. The Labute approximate surface area is 133 Å². The average Bonchev–Trinajstić information content (AvgIpc) is 2.47. The first-order valence-corrected chi connectivity index (χ1v) is 7.79. The fourth-order valence-electron chi connectivity index (χ4n) is 2.26. The van der Waals surface area contributed by atoms with Crippen LogP contribution >= 0.6 is 11.8 Å². The Balaban J connectivity index is 2.08. The van der Waals surface area contributed by atoms with Crippen LogP contribution in [0.2, 0.25) is 0 Å². The number of carboxylic acids is 1. The fourth-order valence-corrected chi connectivity index (χ4v) is 3.12. The Hall–Kier alpha value is -2.27. The molecular weight excluding hydrogens is 296 g/mol. The monoisotopic (exact) mass is 314 g/mol. The van der Waals surface area contributed by atoms with Crippen molar-refractivity contribution in [1.82, 2.24) is 0 Å². The minimum Gasteiger partial charge on any atom is -0.481 e. The van der Waals surface area contributed by atoms with E-state index < -0.39 is 5.97 Å². The summed E-state index contributed by atoms with van der Waals surface area (Å²) in [6.07, 6.45) is 0.566. The van der Waals surface area contributed by atoms with E-state index in [1.165, 1.54) is 0 Å². The Morgan fingerprint density at radius 2 is 1.68 bits per heavy atom. The molecule has 5 heteroatoms. The standard InChI is InChI=1S/C17H18N2O2S/c18-17(19)22-15(11-16(20)21)10-12-6-8-14(9-7-12)13-4-2-1-3-5-13/h1-9,15H,10-11H2,(H3,18,19)(H,20,21). The number of rotatable bonds is 6. The molecule has 114 valence electrons. The van der Waals surface area contributed by atoms with Crippen molar-refractivity contribution in [2.75, 3.05) is 0 Å². The summed E-state index contributed by atoms with van der Waals surface area (Å²) in [5.74, 6) is -0.875. The lowest BCUT2D eigenvalue weighted by Crippen LogP contribution is -2.18. The van der Waals surface area contributed by atoms with Crippen molar-refractivity contribution in [3.8, 4) is 11.1 Å². The van der Waals surface area contributed by atoms with Gasteiger partial charge in [0.2, 0.25) is 0 Å². The molecule has 0 saturated carbocycles. The second kappa shape index (κ2) is 7.66. The predicted octanol–water partition coefficient (Wildman–Crippen LogP) is 3.37. The largest absolute Gasteiger partial charge is 0.481 e. The highest BCUT2D eigenvalue weighted by Gasteiger charge is 2.16. The molecule has 4 nitrogen and oxygen atoms in total. The highest BCUT2D eigenvalue weighted by molar-refractivity contribution is 8.14. The van der Waals surface area contributed by atoms with Crippen molar-refractivity contribution in [2.24, 2.45) is 5.73 Å².